The number of aromatic nitrogens is 2. The molecule has 0 atom stereocenters. The van der Waals surface area contributed by atoms with Crippen molar-refractivity contribution in [1.29, 1.82) is 0 Å². The van der Waals surface area contributed by atoms with Crippen LogP contribution >= 0.6 is 0 Å². The maximum Gasteiger partial charge on any atom is 0.315 e. The zero-order valence-electron chi connectivity index (χ0n) is 12.1. The van der Waals surface area contributed by atoms with Crippen molar-refractivity contribution < 1.29 is 4.42 Å². The minimum absolute atomic E-state index is 0.555. The number of anilines is 1. The van der Waals surface area contributed by atoms with Crippen molar-refractivity contribution >= 4 is 6.01 Å². The fraction of sp³-hybridized carbons (Fsp3) is 0.857. The van der Waals surface area contributed by atoms with Gasteiger partial charge < -0.3 is 15.1 Å². The SMILES string of the molecule is CC(C)CNCc1nnc(NCCC2CCCC2)o1. The van der Waals surface area contributed by atoms with Gasteiger partial charge in [-0.3, -0.25) is 0 Å². The third kappa shape index (κ3) is 5.19. The lowest BCUT2D eigenvalue weighted by molar-refractivity contribution is 0.455. The van der Waals surface area contributed by atoms with Crippen molar-refractivity contribution in [3.63, 3.8) is 0 Å². The Kier molecular flexibility index (Phi) is 5.63. The Labute approximate surface area is 115 Å². The quantitative estimate of drug-likeness (QED) is 0.757. The van der Waals surface area contributed by atoms with Crippen LogP contribution in [-0.2, 0) is 6.54 Å². The van der Waals surface area contributed by atoms with Gasteiger partial charge in [0.25, 0.3) is 0 Å². The van der Waals surface area contributed by atoms with Gasteiger partial charge >= 0.3 is 6.01 Å². The lowest BCUT2D eigenvalue weighted by Crippen LogP contribution is -2.19. The van der Waals surface area contributed by atoms with Crippen LogP contribution in [0.15, 0.2) is 4.42 Å². The second-order valence-electron chi connectivity index (χ2n) is 5.89. The molecule has 0 spiro atoms. The first-order valence-corrected chi connectivity index (χ1v) is 7.51. The zero-order chi connectivity index (χ0) is 13.5. The molecule has 5 heteroatoms. The second kappa shape index (κ2) is 7.48. The first kappa shape index (κ1) is 14.3. The highest BCUT2D eigenvalue weighted by molar-refractivity contribution is 5.16. The van der Waals surface area contributed by atoms with E-state index in [1.807, 2.05) is 0 Å². The Balaban J connectivity index is 1.62. The smallest absolute Gasteiger partial charge is 0.315 e. The standard InChI is InChI=1S/C14H26N4O/c1-11(2)9-15-10-13-17-18-14(19-13)16-8-7-12-5-3-4-6-12/h11-12,15H,3-10H2,1-2H3,(H,16,18). The fourth-order valence-electron chi connectivity index (χ4n) is 2.55. The second-order valence-corrected chi connectivity index (χ2v) is 5.89. The summed E-state index contributed by atoms with van der Waals surface area (Å²) in [7, 11) is 0. The molecule has 1 aromatic rings. The van der Waals surface area contributed by atoms with E-state index in [0.717, 1.165) is 19.0 Å². The molecule has 0 aliphatic heterocycles. The predicted octanol–water partition coefficient (Wildman–Crippen LogP) is 2.81. The lowest BCUT2D eigenvalue weighted by Gasteiger charge is -2.07. The van der Waals surface area contributed by atoms with Crippen LogP contribution in [0.25, 0.3) is 0 Å². The van der Waals surface area contributed by atoms with Crippen molar-refractivity contribution in [3.8, 4) is 0 Å². The predicted molar refractivity (Wildman–Crippen MR) is 75.9 cm³/mol. The van der Waals surface area contributed by atoms with Crippen molar-refractivity contribution in [2.24, 2.45) is 11.8 Å². The topological polar surface area (TPSA) is 63.0 Å². The molecule has 0 unspecified atom stereocenters. The van der Waals surface area contributed by atoms with Gasteiger partial charge in [0.1, 0.15) is 0 Å². The summed E-state index contributed by atoms with van der Waals surface area (Å²) in [6, 6.07) is 0.555. The summed E-state index contributed by atoms with van der Waals surface area (Å²) in [5.74, 6) is 2.18. The van der Waals surface area contributed by atoms with Crippen molar-refractivity contribution in [2.45, 2.75) is 52.5 Å². The van der Waals surface area contributed by atoms with E-state index in [9.17, 15) is 0 Å². The van der Waals surface area contributed by atoms with Crippen LogP contribution < -0.4 is 10.6 Å². The molecule has 1 aliphatic carbocycles. The number of hydrogen-bond donors (Lipinski definition) is 2. The van der Waals surface area contributed by atoms with Gasteiger partial charge in [-0.1, -0.05) is 44.6 Å². The number of hydrogen-bond acceptors (Lipinski definition) is 5. The largest absolute Gasteiger partial charge is 0.407 e. The van der Waals surface area contributed by atoms with Gasteiger partial charge in [0, 0.05) is 6.54 Å². The maximum absolute atomic E-state index is 5.53. The summed E-state index contributed by atoms with van der Waals surface area (Å²) in [4.78, 5) is 0. The number of nitrogens with one attached hydrogen (secondary N) is 2. The third-order valence-electron chi connectivity index (χ3n) is 3.60. The molecule has 1 aliphatic rings. The highest BCUT2D eigenvalue weighted by Gasteiger charge is 2.14. The molecule has 1 fully saturated rings. The number of nitrogens with zero attached hydrogens (tertiary/aromatic N) is 2. The van der Waals surface area contributed by atoms with Gasteiger partial charge in [-0.25, -0.2) is 0 Å². The van der Waals surface area contributed by atoms with Gasteiger partial charge in [0.2, 0.25) is 5.89 Å². The minimum Gasteiger partial charge on any atom is -0.407 e. The zero-order valence-corrected chi connectivity index (χ0v) is 12.1. The van der Waals surface area contributed by atoms with Crippen LogP contribution in [0.1, 0.15) is 51.8 Å². The summed E-state index contributed by atoms with van der Waals surface area (Å²) in [6.45, 7) is 6.90. The first-order valence-electron chi connectivity index (χ1n) is 7.51. The van der Waals surface area contributed by atoms with E-state index in [2.05, 4.69) is 34.7 Å². The van der Waals surface area contributed by atoms with E-state index < -0.39 is 0 Å². The van der Waals surface area contributed by atoms with Crippen LogP contribution in [0, 0.1) is 11.8 Å². The molecule has 0 aromatic carbocycles. The number of rotatable bonds is 8. The van der Waals surface area contributed by atoms with E-state index in [-0.39, 0.29) is 0 Å². The summed E-state index contributed by atoms with van der Waals surface area (Å²) < 4.78 is 5.53. The van der Waals surface area contributed by atoms with Crippen LogP contribution in [0.2, 0.25) is 0 Å². The fourth-order valence-corrected chi connectivity index (χ4v) is 2.55. The van der Waals surface area contributed by atoms with Crippen LogP contribution in [-0.4, -0.2) is 23.3 Å². The van der Waals surface area contributed by atoms with E-state index in [1.54, 1.807) is 0 Å². The van der Waals surface area contributed by atoms with Gasteiger partial charge in [0.05, 0.1) is 6.54 Å². The highest BCUT2D eigenvalue weighted by Crippen LogP contribution is 2.27. The Bertz CT molecular complexity index is 358. The molecule has 108 valence electrons. The van der Waals surface area contributed by atoms with Crippen LogP contribution in [0.4, 0.5) is 6.01 Å². The van der Waals surface area contributed by atoms with E-state index >= 15 is 0 Å². The van der Waals surface area contributed by atoms with Gasteiger partial charge in [0.15, 0.2) is 0 Å². The summed E-state index contributed by atoms with van der Waals surface area (Å²) in [5.41, 5.74) is 0. The maximum atomic E-state index is 5.53. The molecule has 0 saturated heterocycles. The average Bonchev–Trinajstić information content (AvgIpc) is 3.00. The van der Waals surface area contributed by atoms with E-state index in [0.29, 0.717) is 24.4 Å². The normalized spacial score (nSPS) is 16.4. The average molecular weight is 266 g/mol. The first-order chi connectivity index (χ1) is 9.24. The third-order valence-corrected chi connectivity index (χ3v) is 3.60. The van der Waals surface area contributed by atoms with Crippen LogP contribution in [0.3, 0.4) is 0 Å². The van der Waals surface area contributed by atoms with Crippen molar-refractivity contribution in [3.05, 3.63) is 5.89 Å². The molecule has 2 N–H and O–H groups in total. The van der Waals surface area contributed by atoms with Crippen molar-refractivity contribution in [1.82, 2.24) is 15.5 Å². The lowest BCUT2D eigenvalue weighted by atomic mass is 10.0. The molecule has 5 nitrogen and oxygen atoms in total. The highest BCUT2D eigenvalue weighted by atomic mass is 16.4. The molecule has 2 rings (SSSR count). The molecule has 1 heterocycles. The Hall–Kier alpha value is -1.10. The minimum atomic E-state index is 0.555. The van der Waals surface area contributed by atoms with Gasteiger partial charge in [-0.15, -0.1) is 5.10 Å². The summed E-state index contributed by atoms with van der Waals surface area (Å²) in [6.07, 6.45) is 6.78. The molecule has 0 bridgehead atoms. The molecule has 19 heavy (non-hydrogen) atoms. The molecular formula is C14H26N4O. The Morgan fingerprint density at radius 3 is 2.79 bits per heavy atom. The van der Waals surface area contributed by atoms with Crippen molar-refractivity contribution in [2.75, 3.05) is 18.4 Å². The summed E-state index contributed by atoms with van der Waals surface area (Å²) >= 11 is 0. The summed E-state index contributed by atoms with van der Waals surface area (Å²) in [5, 5.41) is 14.5. The Morgan fingerprint density at radius 1 is 1.26 bits per heavy atom. The molecule has 0 amide bonds. The van der Waals surface area contributed by atoms with Crippen LogP contribution in [0.5, 0.6) is 0 Å². The monoisotopic (exact) mass is 266 g/mol. The molecular weight excluding hydrogens is 240 g/mol. The molecule has 1 saturated carbocycles. The molecule has 0 radical (unpaired) electrons. The van der Waals surface area contributed by atoms with Gasteiger partial charge in [-0.05, 0) is 24.8 Å². The van der Waals surface area contributed by atoms with E-state index in [1.165, 1.54) is 32.1 Å². The molecule has 1 aromatic heterocycles. The van der Waals surface area contributed by atoms with E-state index in [4.69, 9.17) is 4.42 Å². The van der Waals surface area contributed by atoms with Gasteiger partial charge in [-0.2, -0.15) is 0 Å². The Morgan fingerprint density at radius 2 is 2.05 bits per heavy atom.